The van der Waals surface area contributed by atoms with Crippen LogP contribution in [-0.2, 0) is 26.3 Å². The van der Waals surface area contributed by atoms with Gasteiger partial charge in [-0.1, -0.05) is 60.7 Å². The standard InChI is InChI=1S/C23H20O4S2/c1-15(2)27-29(26)21-14-12-17-8-4-6-10-19(17)23(21)22-18-9-5-3-7-16(18)11-13-20(22)28(24)25/h3-15H,1-2H3,(H,24,25). The zero-order valence-corrected chi connectivity index (χ0v) is 17.6. The Bertz CT molecular complexity index is 1260. The summed E-state index contributed by atoms with van der Waals surface area (Å²) in [6.45, 7) is 3.65. The van der Waals surface area contributed by atoms with E-state index in [-0.39, 0.29) is 11.0 Å². The fraction of sp³-hybridized carbons (Fsp3) is 0.130. The van der Waals surface area contributed by atoms with Crippen LogP contribution in [0.5, 0.6) is 0 Å². The summed E-state index contributed by atoms with van der Waals surface area (Å²) < 4.78 is 40.9. The molecule has 0 saturated carbocycles. The van der Waals surface area contributed by atoms with Gasteiger partial charge in [0.25, 0.3) is 0 Å². The average molecular weight is 425 g/mol. The van der Waals surface area contributed by atoms with Crippen molar-refractivity contribution in [3.05, 3.63) is 72.8 Å². The van der Waals surface area contributed by atoms with Crippen molar-refractivity contribution in [3.8, 4) is 11.1 Å². The molecule has 0 spiro atoms. The van der Waals surface area contributed by atoms with Crippen LogP contribution < -0.4 is 0 Å². The Labute approximate surface area is 174 Å². The molecular formula is C23H20O4S2. The van der Waals surface area contributed by atoms with Crippen LogP contribution in [-0.4, -0.2) is 19.1 Å². The maximum absolute atomic E-state index is 13.1. The van der Waals surface area contributed by atoms with Gasteiger partial charge < -0.3 is 4.55 Å². The van der Waals surface area contributed by atoms with E-state index in [1.807, 2.05) is 74.5 Å². The summed E-state index contributed by atoms with van der Waals surface area (Å²) in [4.78, 5) is 0.767. The first-order valence-electron chi connectivity index (χ1n) is 9.21. The van der Waals surface area contributed by atoms with Gasteiger partial charge in [0.15, 0.2) is 22.2 Å². The highest BCUT2D eigenvalue weighted by atomic mass is 32.2. The van der Waals surface area contributed by atoms with Crippen LogP contribution in [0.25, 0.3) is 32.7 Å². The molecule has 4 nitrogen and oxygen atoms in total. The van der Waals surface area contributed by atoms with Gasteiger partial charge in [0.2, 0.25) is 0 Å². The molecule has 2 atom stereocenters. The van der Waals surface area contributed by atoms with E-state index in [4.69, 9.17) is 4.18 Å². The number of fused-ring (bicyclic) bond motifs is 2. The third-order valence-corrected chi connectivity index (χ3v) is 6.65. The molecule has 0 aliphatic rings. The maximum atomic E-state index is 13.1. The summed E-state index contributed by atoms with van der Waals surface area (Å²) >= 11 is -3.94. The lowest BCUT2D eigenvalue weighted by atomic mass is 9.94. The van der Waals surface area contributed by atoms with Crippen LogP contribution in [0, 0.1) is 0 Å². The fourth-order valence-electron chi connectivity index (χ4n) is 3.53. The van der Waals surface area contributed by atoms with Gasteiger partial charge in [-0.2, -0.15) is 0 Å². The highest BCUT2D eigenvalue weighted by molar-refractivity contribution is 7.80. The molecule has 0 amide bonds. The van der Waals surface area contributed by atoms with Crippen molar-refractivity contribution < 1.29 is 17.2 Å². The van der Waals surface area contributed by atoms with E-state index in [2.05, 4.69) is 0 Å². The molecule has 29 heavy (non-hydrogen) atoms. The third-order valence-electron chi connectivity index (χ3n) is 4.68. The largest absolute Gasteiger partial charge is 0.302 e. The molecule has 6 heteroatoms. The first-order valence-corrected chi connectivity index (χ1v) is 11.4. The Morgan fingerprint density at radius 3 is 1.72 bits per heavy atom. The summed E-state index contributed by atoms with van der Waals surface area (Å²) in [5.41, 5.74) is 1.27. The van der Waals surface area contributed by atoms with Crippen LogP contribution in [0.15, 0.2) is 82.6 Å². The molecule has 1 N–H and O–H groups in total. The van der Waals surface area contributed by atoms with Gasteiger partial charge in [-0.15, -0.1) is 0 Å². The van der Waals surface area contributed by atoms with Crippen LogP contribution >= 0.6 is 0 Å². The Balaban J connectivity index is 2.17. The van der Waals surface area contributed by atoms with E-state index >= 15 is 0 Å². The summed E-state index contributed by atoms with van der Waals surface area (Å²) in [5, 5.41) is 3.57. The van der Waals surface area contributed by atoms with Gasteiger partial charge >= 0.3 is 0 Å². The number of hydrogen-bond acceptors (Lipinski definition) is 3. The average Bonchev–Trinajstić information content (AvgIpc) is 2.71. The lowest BCUT2D eigenvalue weighted by Crippen LogP contribution is -2.08. The SMILES string of the molecule is CC(C)OS(=O)c1ccc2ccccc2c1-c1c(S(=O)O)ccc2ccccc12. The lowest BCUT2D eigenvalue weighted by molar-refractivity contribution is 0.270. The van der Waals surface area contributed by atoms with E-state index in [1.54, 1.807) is 12.1 Å². The molecule has 0 fully saturated rings. The van der Waals surface area contributed by atoms with Crippen LogP contribution in [0.2, 0.25) is 0 Å². The van der Waals surface area contributed by atoms with Gasteiger partial charge in [-0.25, -0.2) is 8.42 Å². The van der Waals surface area contributed by atoms with Gasteiger partial charge in [-0.3, -0.25) is 4.18 Å². The minimum Gasteiger partial charge on any atom is -0.302 e. The number of rotatable bonds is 5. The normalized spacial score (nSPS) is 13.8. The van der Waals surface area contributed by atoms with Gasteiger partial charge in [0.05, 0.1) is 15.9 Å². The summed E-state index contributed by atoms with van der Waals surface area (Å²) in [7, 11) is 0. The summed E-state index contributed by atoms with van der Waals surface area (Å²) in [6, 6.07) is 22.6. The van der Waals surface area contributed by atoms with E-state index in [1.165, 1.54) is 0 Å². The maximum Gasteiger partial charge on any atom is 0.190 e. The summed E-state index contributed by atoms with van der Waals surface area (Å²) in [5.74, 6) is 0. The predicted octanol–water partition coefficient (Wildman–Crippen LogP) is 5.69. The lowest BCUT2D eigenvalue weighted by Gasteiger charge is -2.18. The minimum absolute atomic E-state index is 0.228. The highest BCUT2D eigenvalue weighted by Gasteiger charge is 2.22. The smallest absolute Gasteiger partial charge is 0.190 e. The van der Waals surface area contributed by atoms with E-state index in [0.29, 0.717) is 16.0 Å². The molecule has 0 saturated heterocycles. The first-order chi connectivity index (χ1) is 14.0. The third kappa shape index (κ3) is 3.76. The fourth-order valence-corrected chi connectivity index (χ4v) is 5.11. The highest BCUT2D eigenvalue weighted by Crippen LogP contribution is 2.41. The monoisotopic (exact) mass is 424 g/mol. The second-order valence-electron chi connectivity index (χ2n) is 6.95. The Morgan fingerprint density at radius 1 is 0.724 bits per heavy atom. The van der Waals surface area contributed by atoms with Crippen molar-refractivity contribution in [2.75, 3.05) is 0 Å². The molecule has 4 rings (SSSR count). The molecule has 0 bridgehead atoms. The zero-order valence-electron chi connectivity index (χ0n) is 16.0. The second kappa shape index (κ2) is 8.16. The molecular weight excluding hydrogens is 404 g/mol. The van der Waals surface area contributed by atoms with Crippen LogP contribution in [0.1, 0.15) is 13.8 Å². The molecule has 2 unspecified atom stereocenters. The Hall–Kier alpha value is -2.38. The molecule has 0 aromatic heterocycles. The second-order valence-corrected chi connectivity index (χ2v) is 8.99. The van der Waals surface area contributed by atoms with E-state index < -0.39 is 22.2 Å². The first kappa shape index (κ1) is 19.9. The summed E-state index contributed by atoms with van der Waals surface area (Å²) in [6.07, 6.45) is -0.228. The van der Waals surface area contributed by atoms with Crippen molar-refractivity contribution in [2.45, 2.75) is 29.7 Å². The Morgan fingerprint density at radius 2 is 1.21 bits per heavy atom. The Kier molecular flexibility index (Phi) is 5.61. The van der Waals surface area contributed by atoms with Crippen LogP contribution in [0.4, 0.5) is 0 Å². The molecule has 0 aliphatic carbocycles. The van der Waals surface area contributed by atoms with Crippen molar-refractivity contribution in [1.29, 1.82) is 0 Å². The molecule has 0 aliphatic heterocycles. The van der Waals surface area contributed by atoms with Crippen molar-refractivity contribution in [1.82, 2.24) is 0 Å². The molecule has 0 heterocycles. The van der Waals surface area contributed by atoms with E-state index in [9.17, 15) is 13.0 Å². The van der Waals surface area contributed by atoms with E-state index in [0.717, 1.165) is 21.5 Å². The zero-order chi connectivity index (χ0) is 20.5. The van der Waals surface area contributed by atoms with Gasteiger partial charge in [-0.05, 0) is 47.5 Å². The molecule has 4 aromatic carbocycles. The van der Waals surface area contributed by atoms with Crippen LogP contribution in [0.3, 0.4) is 0 Å². The molecule has 4 aromatic rings. The van der Waals surface area contributed by atoms with Gasteiger partial charge in [0, 0.05) is 11.1 Å². The quantitative estimate of drug-likeness (QED) is 0.418. The minimum atomic E-state index is -2.21. The number of benzene rings is 4. The van der Waals surface area contributed by atoms with Gasteiger partial charge in [0.1, 0.15) is 0 Å². The molecule has 148 valence electrons. The van der Waals surface area contributed by atoms with Crippen molar-refractivity contribution >= 4 is 43.7 Å². The number of hydrogen-bond donors (Lipinski definition) is 1. The molecule has 0 radical (unpaired) electrons. The predicted molar refractivity (Wildman–Crippen MR) is 119 cm³/mol. The topological polar surface area (TPSA) is 63.6 Å². The van der Waals surface area contributed by atoms with Crippen molar-refractivity contribution in [2.24, 2.45) is 0 Å². The van der Waals surface area contributed by atoms with Crippen molar-refractivity contribution in [3.63, 3.8) is 0 Å².